The summed E-state index contributed by atoms with van der Waals surface area (Å²) < 4.78 is 29.6. The van der Waals surface area contributed by atoms with Gasteiger partial charge in [0.05, 0.1) is 23.0 Å². The van der Waals surface area contributed by atoms with Crippen molar-refractivity contribution in [2.45, 2.75) is 19.4 Å². The summed E-state index contributed by atoms with van der Waals surface area (Å²) in [6, 6.07) is 3.15. The lowest BCUT2D eigenvalue weighted by Gasteiger charge is -2.21. The zero-order chi connectivity index (χ0) is 14.7. The molecular formula is C14H16ClF2N3. The molecule has 0 bridgehead atoms. The Morgan fingerprint density at radius 1 is 1.35 bits per heavy atom. The molecule has 1 N–H and O–H groups in total. The molecule has 0 aliphatic heterocycles. The molecule has 0 aliphatic carbocycles. The van der Waals surface area contributed by atoms with Gasteiger partial charge >= 0.3 is 0 Å². The third-order valence-corrected chi connectivity index (χ3v) is 3.39. The van der Waals surface area contributed by atoms with Crippen LogP contribution in [0.2, 0.25) is 5.02 Å². The van der Waals surface area contributed by atoms with Crippen molar-refractivity contribution < 1.29 is 8.78 Å². The van der Waals surface area contributed by atoms with Gasteiger partial charge in [-0.3, -0.25) is 4.68 Å². The molecule has 2 aromatic rings. The Morgan fingerprint density at radius 3 is 2.50 bits per heavy atom. The van der Waals surface area contributed by atoms with Crippen LogP contribution >= 0.6 is 11.6 Å². The molecule has 1 aromatic carbocycles. The zero-order valence-electron chi connectivity index (χ0n) is 11.3. The van der Waals surface area contributed by atoms with Crippen LogP contribution in [0.15, 0.2) is 24.4 Å². The molecule has 0 radical (unpaired) electrons. The normalized spacial score (nSPS) is 12.7. The Balaban J connectivity index is 2.53. The highest BCUT2D eigenvalue weighted by Crippen LogP contribution is 2.31. The van der Waals surface area contributed by atoms with Crippen LogP contribution in [-0.4, -0.2) is 16.3 Å². The average Bonchev–Trinajstić information content (AvgIpc) is 2.73. The van der Waals surface area contributed by atoms with Crippen molar-refractivity contribution in [3.8, 4) is 0 Å². The molecular weight excluding hydrogens is 284 g/mol. The molecule has 1 atom stereocenters. The van der Waals surface area contributed by atoms with E-state index in [9.17, 15) is 8.78 Å². The highest BCUT2D eigenvalue weighted by molar-refractivity contribution is 6.31. The summed E-state index contributed by atoms with van der Waals surface area (Å²) in [6.45, 7) is 2.59. The van der Waals surface area contributed by atoms with Crippen molar-refractivity contribution in [2.24, 2.45) is 7.05 Å². The van der Waals surface area contributed by atoms with E-state index >= 15 is 0 Å². The summed E-state index contributed by atoms with van der Waals surface area (Å²) >= 11 is 6.11. The van der Waals surface area contributed by atoms with E-state index in [1.807, 2.05) is 6.92 Å². The predicted octanol–water partition coefficient (Wildman–Crippen LogP) is 3.44. The van der Waals surface area contributed by atoms with Gasteiger partial charge in [-0.05, 0) is 25.1 Å². The lowest BCUT2D eigenvalue weighted by Crippen LogP contribution is -2.27. The summed E-state index contributed by atoms with van der Waals surface area (Å²) in [5.74, 6) is -1.20. The predicted molar refractivity (Wildman–Crippen MR) is 74.7 cm³/mol. The van der Waals surface area contributed by atoms with Gasteiger partial charge in [0.15, 0.2) is 0 Å². The summed E-state index contributed by atoms with van der Waals surface area (Å²) in [6.07, 6.45) is 2.30. The van der Waals surface area contributed by atoms with Crippen molar-refractivity contribution in [2.75, 3.05) is 6.54 Å². The highest BCUT2D eigenvalue weighted by atomic mass is 35.5. The van der Waals surface area contributed by atoms with Gasteiger partial charge in [0.25, 0.3) is 0 Å². The minimum absolute atomic E-state index is 0.0357. The molecule has 20 heavy (non-hydrogen) atoms. The molecule has 3 nitrogen and oxygen atoms in total. The second-order valence-electron chi connectivity index (χ2n) is 4.52. The first-order chi connectivity index (χ1) is 9.56. The number of hydrogen-bond acceptors (Lipinski definition) is 2. The van der Waals surface area contributed by atoms with Crippen LogP contribution in [0.1, 0.15) is 30.6 Å². The quantitative estimate of drug-likeness (QED) is 0.916. The van der Waals surface area contributed by atoms with Gasteiger partial charge in [0, 0.05) is 12.6 Å². The summed E-state index contributed by atoms with van der Waals surface area (Å²) in [7, 11) is 1.70. The number of nitrogens with zero attached hydrogens (tertiary/aromatic N) is 2. The van der Waals surface area contributed by atoms with E-state index in [4.69, 9.17) is 11.6 Å². The summed E-state index contributed by atoms with van der Waals surface area (Å²) in [5.41, 5.74) is 0.510. The van der Waals surface area contributed by atoms with Gasteiger partial charge in [-0.1, -0.05) is 24.6 Å². The van der Waals surface area contributed by atoms with Crippen LogP contribution in [0, 0.1) is 11.6 Å². The Bertz CT molecular complexity index is 558. The Kier molecular flexibility index (Phi) is 4.73. The molecule has 0 saturated carbocycles. The number of nitrogens with one attached hydrogen (secondary N) is 1. The number of aromatic nitrogens is 2. The van der Waals surface area contributed by atoms with E-state index < -0.39 is 17.7 Å². The standard InChI is InChI=1S/C14H16ClF2N3/c1-3-7-18-13(14-9(15)8-19-20(14)2)12-10(16)5-4-6-11(12)17/h4-6,8,13,18H,3,7H2,1-2H3. The van der Waals surface area contributed by atoms with Crippen molar-refractivity contribution in [1.82, 2.24) is 15.1 Å². The largest absolute Gasteiger partial charge is 0.305 e. The van der Waals surface area contributed by atoms with Crippen LogP contribution in [-0.2, 0) is 7.05 Å². The third-order valence-electron chi connectivity index (χ3n) is 3.10. The Hall–Kier alpha value is -1.46. The van der Waals surface area contributed by atoms with Crippen LogP contribution in [0.3, 0.4) is 0 Å². The second kappa shape index (κ2) is 6.33. The van der Waals surface area contributed by atoms with Gasteiger partial charge in [0.1, 0.15) is 11.6 Å². The first-order valence-corrected chi connectivity index (χ1v) is 6.78. The highest BCUT2D eigenvalue weighted by Gasteiger charge is 2.26. The lowest BCUT2D eigenvalue weighted by molar-refractivity contribution is 0.485. The smallest absolute Gasteiger partial charge is 0.131 e. The molecule has 0 aliphatic rings. The van der Waals surface area contributed by atoms with E-state index in [2.05, 4.69) is 10.4 Å². The minimum Gasteiger partial charge on any atom is -0.305 e. The summed E-state index contributed by atoms with van der Waals surface area (Å²) in [5, 5.41) is 7.53. The van der Waals surface area contributed by atoms with Gasteiger partial charge in [-0.15, -0.1) is 0 Å². The number of hydrogen-bond donors (Lipinski definition) is 1. The molecule has 0 amide bonds. The molecule has 0 spiro atoms. The molecule has 1 heterocycles. The van der Waals surface area contributed by atoms with E-state index in [1.165, 1.54) is 29.1 Å². The number of rotatable bonds is 5. The molecule has 1 aromatic heterocycles. The Labute approximate surface area is 121 Å². The minimum atomic E-state index is -0.670. The lowest BCUT2D eigenvalue weighted by atomic mass is 10.0. The topological polar surface area (TPSA) is 29.9 Å². The molecule has 0 saturated heterocycles. The van der Waals surface area contributed by atoms with Crippen molar-refractivity contribution in [3.63, 3.8) is 0 Å². The number of halogens is 3. The maximum absolute atomic E-state index is 14.0. The van der Waals surface area contributed by atoms with E-state index in [0.29, 0.717) is 17.3 Å². The maximum Gasteiger partial charge on any atom is 0.131 e. The van der Waals surface area contributed by atoms with Crippen LogP contribution in [0.4, 0.5) is 8.78 Å². The third kappa shape index (κ3) is 2.83. The average molecular weight is 300 g/mol. The van der Waals surface area contributed by atoms with Gasteiger partial charge in [-0.2, -0.15) is 5.10 Å². The van der Waals surface area contributed by atoms with E-state index in [1.54, 1.807) is 7.05 Å². The van der Waals surface area contributed by atoms with E-state index in [-0.39, 0.29) is 5.56 Å². The Morgan fingerprint density at radius 2 is 2.00 bits per heavy atom. The van der Waals surface area contributed by atoms with Crippen LogP contribution in [0.5, 0.6) is 0 Å². The van der Waals surface area contributed by atoms with Crippen molar-refractivity contribution in [3.05, 3.63) is 52.3 Å². The number of aryl methyl sites for hydroxylation is 1. The fraction of sp³-hybridized carbons (Fsp3) is 0.357. The molecule has 2 rings (SSSR count). The maximum atomic E-state index is 14.0. The van der Waals surface area contributed by atoms with Crippen molar-refractivity contribution >= 4 is 11.6 Å². The molecule has 6 heteroatoms. The molecule has 1 unspecified atom stereocenters. The van der Waals surface area contributed by atoms with Crippen molar-refractivity contribution in [1.29, 1.82) is 0 Å². The van der Waals surface area contributed by atoms with Gasteiger partial charge < -0.3 is 5.32 Å². The summed E-state index contributed by atoms with van der Waals surface area (Å²) in [4.78, 5) is 0. The van der Waals surface area contributed by atoms with E-state index in [0.717, 1.165) is 6.42 Å². The molecule has 108 valence electrons. The molecule has 0 fully saturated rings. The van der Waals surface area contributed by atoms with Gasteiger partial charge in [-0.25, -0.2) is 8.78 Å². The fourth-order valence-corrected chi connectivity index (χ4v) is 2.43. The van der Waals surface area contributed by atoms with Gasteiger partial charge in [0.2, 0.25) is 0 Å². The van der Waals surface area contributed by atoms with Crippen LogP contribution < -0.4 is 5.32 Å². The fourth-order valence-electron chi connectivity index (χ4n) is 2.16. The zero-order valence-corrected chi connectivity index (χ0v) is 12.1. The monoisotopic (exact) mass is 299 g/mol. The second-order valence-corrected chi connectivity index (χ2v) is 4.93. The SMILES string of the molecule is CCCNC(c1c(F)cccc1F)c1c(Cl)cnn1C. The van der Waals surface area contributed by atoms with Crippen LogP contribution in [0.25, 0.3) is 0 Å². The number of benzene rings is 1. The first-order valence-electron chi connectivity index (χ1n) is 6.41. The first kappa shape index (κ1) is 14.9.